The number of fused-ring (bicyclic) bond motifs is 2. The van der Waals surface area contributed by atoms with Gasteiger partial charge in [0.25, 0.3) is 0 Å². The molecular formula is C34H38N6O4S. The summed E-state index contributed by atoms with van der Waals surface area (Å²) in [7, 11) is 0.427. The van der Waals surface area contributed by atoms with Gasteiger partial charge < -0.3 is 19.9 Å². The van der Waals surface area contributed by atoms with Crippen LogP contribution in [0.4, 0.5) is 5.69 Å². The van der Waals surface area contributed by atoms with Gasteiger partial charge in [0.05, 0.1) is 24.0 Å². The van der Waals surface area contributed by atoms with Crippen molar-refractivity contribution in [2.75, 3.05) is 45.1 Å². The second-order valence-corrected chi connectivity index (χ2v) is 13.5. The van der Waals surface area contributed by atoms with Crippen LogP contribution in [0, 0.1) is 0 Å². The molecular weight excluding hydrogens is 588 g/mol. The number of piperazine rings is 1. The first kappa shape index (κ1) is 30.7. The highest BCUT2D eigenvalue weighted by Gasteiger charge is 2.26. The van der Waals surface area contributed by atoms with Gasteiger partial charge in [-0.25, -0.2) is 18.2 Å². The van der Waals surface area contributed by atoms with Crippen LogP contribution >= 0.6 is 0 Å². The summed E-state index contributed by atoms with van der Waals surface area (Å²) in [6.45, 7) is 3.47. The molecule has 0 radical (unpaired) electrons. The van der Waals surface area contributed by atoms with Crippen molar-refractivity contribution in [3.8, 4) is 0 Å². The van der Waals surface area contributed by atoms with E-state index in [2.05, 4.69) is 21.6 Å². The fourth-order valence-corrected chi connectivity index (χ4v) is 7.08. The fraction of sp³-hybridized carbons (Fsp3) is 0.294. The molecule has 6 rings (SSSR count). The van der Waals surface area contributed by atoms with Crippen LogP contribution in [0.15, 0.2) is 84.9 Å². The lowest BCUT2D eigenvalue weighted by Gasteiger charge is -2.37. The Labute approximate surface area is 263 Å². The zero-order valence-electron chi connectivity index (χ0n) is 25.5. The molecule has 1 atom stereocenters. The molecule has 1 aliphatic heterocycles. The number of benzene rings is 3. The molecule has 0 saturated carbocycles. The lowest BCUT2D eigenvalue weighted by molar-refractivity contribution is 0.0225. The Bertz CT molecular complexity index is 1940. The number of aromatic nitrogens is 2. The Balaban J connectivity index is 1.36. The second-order valence-electron chi connectivity index (χ2n) is 11.7. The third-order valence-electron chi connectivity index (χ3n) is 8.36. The average Bonchev–Trinajstić information content (AvgIpc) is 3.38. The first-order valence-electron chi connectivity index (χ1n) is 15.0. The normalized spacial score (nSPS) is 16.3. The third-order valence-corrected chi connectivity index (χ3v) is 9.62. The number of hydrogen-bond donors (Lipinski definition) is 2. The molecule has 0 amide bonds. The van der Waals surface area contributed by atoms with Crippen molar-refractivity contribution in [3.05, 3.63) is 107 Å². The lowest BCUT2D eigenvalue weighted by Crippen LogP contribution is -2.52. The molecule has 3 aromatic carbocycles. The first-order chi connectivity index (χ1) is 21.7. The number of esters is 1. The zero-order chi connectivity index (χ0) is 31.6. The van der Waals surface area contributed by atoms with Crippen molar-refractivity contribution < 1.29 is 17.9 Å². The molecule has 1 fully saturated rings. The number of nitrogens with zero attached hydrogens (tertiary/aromatic N) is 4. The molecule has 1 saturated heterocycles. The summed E-state index contributed by atoms with van der Waals surface area (Å²) in [4.78, 5) is 22.9. The van der Waals surface area contributed by atoms with Crippen LogP contribution in [0.1, 0.15) is 27.3 Å². The number of nitrogens with two attached hydrogens (primary N) is 1. The fourth-order valence-electron chi connectivity index (χ4n) is 5.90. The van der Waals surface area contributed by atoms with E-state index in [9.17, 15) is 13.2 Å². The molecule has 0 bridgehead atoms. The topological polar surface area (TPSA) is 123 Å². The number of sulfonamides is 1. The van der Waals surface area contributed by atoms with E-state index in [-0.39, 0.29) is 31.5 Å². The van der Waals surface area contributed by atoms with Gasteiger partial charge in [0, 0.05) is 37.3 Å². The molecule has 10 nitrogen and oxygen atoms in total. The van der Waals surface area contributed by atoms with Crippen molar-refractivity contribution in [2.24, 2.45) is 5.73 Å². The molecule has 0 aliphatic carbocycles. The number of rotatable bonds is 10. The van der Waals surface area contributed by atoms with E-state index < -0.39 is 16.0 Å². The lowest BCUT2D eigenvalue weighted by atomic mass is 10.0. The molecule has 45 heavy (non-hydrogen) atoms. The van der Waals surface area contributed by atoms with Gasteiger partial charge in [0.1, 0.15) is 17.9 Å². The molecule has 0 spiro atoms. The number of anilines is 1. The summed E-state index contributed by atoms with van der Waals surface area (Å²) in [6.07, 6.45) is 0. The van der Waals surface area contributed by atoms with Crippen molar-refractivity contribution >= 4 is 43.5 Å². The van der Waals surface area contributed by atoms with Gasteiger partial charge >= 0.3 is 5.97 Å². The molecule has 3 N–H and O–H groups in total. The summed E-state index contributed by atoms with van der Waals surface area (Å²) in [5.74, 6) is -0.584. The van der Waals surface area contributed by atoms with Crippen molar-refractivity contribution in [3.63, 3.8) is 0 Å². The van der Waals surface area contributed by atoms with Crippen molar-refractivity contribution in [1.29, 1.82) is 0 Å². The van der Waals surface area contributed by atoms with Crippen LogP contribution in [0.25, 0.3) is 21.8 Å². The Morgan fingerprint density at radius 1 is 0.978 bits per heavy atom. The molecule has 11 heteroatoms. The van der Waals surface area contributed by atoms with Gasteiger partial charge in [-0.1, -0.05) is 54.6 Å². The maximum Gasteiger partial charge on any atom is 0.355 e. The first-order valence-corrected chi connectivity index (χ1v) is 16.7. The monoisotopic (exact) mass is 626 g/mol. The van der Waals surface area contributed by atoms with E-state index in [1.54, 1.807) is 18.2 Å². The van der Waals surface area contributed by atoms with E-state index in [0.29, 0.717) is 28.3 Å². The van der Waals surface area contributed by atoms with Crippen LogP contribution in [-0.2, 0) is 33.6 Å². The molecule has 5 aromatic rings. The molecule has 1 unspecified atom stereocenters. The Morgan fingerprint density at radius 3 is 2.56 bits per heavy atom. The van der Waals surface area contributed by atoms with E-state index in [4.69, 9.17) is 15.5 Å². The second kappa shape index (κ2) is 13.0. The van der Waals surface area contributed by atoms with Crippen LogP contribution in [-0.4, -0.2) is 80.1 Å². The summed E-state index contributed by atoms with van der Waals surface area (Å²) >= 11 is 0. The van der Waals surface area contributed by atoms with Crippen LogP contribution < -0.4 is 10.5 Å². The quantitative estimate of drug-likeness (QED) is 0.223. The largest absolute Gasteiger partial charge is 0.459 e. The zero-order valence-corrected chi connectivity index (χ0v) is 26.3. The van der Waals surface area contributed by atoms with Crippen molar-refractivity contribution in [2.45, 2.75) is 24.9 Å². The highest BCUT2D eigenvalue weighted by molar-refractivity contribution is 7.91. The van der Waals surface area contributed by atoms with E-state index in [1.807, 2.05) is 78.3 Å². The van der Waals surface area contributed by atoms with Crippen LogP contribution in [0.3, 0.4) is 0 Å². The minimum Gasteiger partial charge on any atom is -0.459 e. The van der Waals surface area contributed by atoms with Gasteiger partial charge in [-0.05, 0) is 66.3 Å². The molecule has 2 aromatic heterocycles. The highest BCUT2D eigenvalue weighted by atomic mass is 32.2. The van der Waals surface area contributed by atoms with Gasteiger partial charge in [-0.2, -0.15) is 0 Å². The number of likely N-dealkylation sites (N-methyl/N-ethyl adjacent to an activating group) is 2. The van der Waals surface area contributed by atoms with E-state index >= 15 is 0 Å². The van der Waals surface area contributed by atoms with Gasteiger partial charge in [0.2, 0.25) is 10.0 Å². The molecule has 234 valence electrons. The predicted octanol–water partition coefficient (Wildman–Crippen LogP) is 4.04. The summed E-state index contributed by atoms with van der Waals surface area (Å²) in [6, 6.07) is 26.2. The SMILES string of the molecule is CN1CCN(C)C(COC(=O)c2cc3ccc(CN)nc3n2Cc2cc(NS(=O)(=O)Cc3ccccc3)cc3ccccc23)C1. The number of pyridine rings is 1. The summed E-state index contributed by atoms with van der Waals surface area (Å²) in [5.41, 5.74) is 9.58. The maximum atomic E-state index is 13.7. The Kier molecular flexibility index (Phi) is 8.86. The minimum atomic E-state index is -3.69. The predicted molar refractivity (Wildman–Crippen MR) is 178 cm³/mol. The molecule has 3 heterocycles. The highest BCUT2D eigenvalue weighted by Crippen LogP contribution is 2.29. The maximum absolute atomic E-state index is 13.7. The Morgan fingerprint density at radius 2 is 1.76 bits per heavy atom. The standard InChI is InChI=1S/C34H38N6O4S/c1-38-14-15-39(2)30(21-38)22-44-34(41)32-18-26-12-13-28(19-35)36-33(26)40(32)20-27-17-29(16-25-10-6-7-11-31(25)27)37-45(42,43)23-24-8-4-3-5-9-24/h3-13,16-18,30,37H,14-15,19-23,35H2,1-2H3. The summed E-state index contributed by atoms with van der Waals surface area (Å²) < 4.78 is 36.8. The van der Waals surface area contributed by atoms with Gasteiger partial charge in [0.15, 0.2) is 0 Å². The van der Waals surface area contributed by atoms with Gasteiger partial charge in [-0.3, -0.25) is 9.62 Å². The number of carbonyl (C=O) groups is 1. The average molecular weight is 627 g/mol. The third kappa shape index (κ3) is 7.02. The van der Waals surface area contributed by atoms with Crippen LogP contribution in [0.2, 0.25) is 0 Å². The Hall–Kier alpha value is -4.29. The van der Waals surface area contributed by atoms with Crippen LogP contribution in [0.5, 0.6) is 0 Å². The van der Waals surface area contributed by atoms with Gasteiger partial charge in [-0.15, -0.1) is 0 Å². The van der Waals surface area contributed by atoms with E-state index in [1.165, 1.54) is 0 Å². The summed E-state index contributed by atoms with van der Waals surface area (Å²) in [5, 5.41) is 2.59. The molecule has 1 aliphatic rings. The number of carbonyl (C=O) groups excluding carboxylic acids is 1. The van der Waals surface area contributed by atoms with E-state index in [0.717, 1.165) is 41.4 Å². The van der Waals surface area contributed by atoms with Crippen molar-refractivity contribution in [1.82, 2.24) is 19.4 Å². The number of nitrogens with one attached hydrogen (secondary N) is 1. The number of ether oxygens (including phenoxy) is 1. The minimum absolute atomic E-state index is 0.0945. The number of hydrogen-bond acceptors (Lipinski definition) is 8. The smallest absolute Gasteiger partial charge is 0.355 e.